The highest BCUT2D eigenvalue weighted by Gasteiger charge is 2.00. The Bertz CT molecular complexity index is 339. The molecule has 0 spiro atoms. The topological polar surface area (TPSA) is 48.4 Å². The van der Waals surface area contributed by atoms with E-state index in [9.17, 15) is 4.79 Å². The summed E-state index contributed by atoms with van der Waals surface area (Å²) in [6, 6.07) is 5.44. The Labute approximate surface area is 95.6 Å². The Hall–Kier alpha value is -1.58. The molecule has 4 nitrogen and oxygen atoms in total. The van der Waals surface area contributed by atoms with Crippen LogP contribution in [0, 0.1) is 0 Å². The number of esters is 1. The Morgan fingerprint density at radius 2 is 2.25 bits per heavy atom. The number of hydrogen-bond acceptors (Lipinski definition) is 4. The first-order chi connectivity index (χ1) is 7.72. The molecule has 0 saturated heterocycles. The van der Waals surface area contributed by atoms with Gasteiger partial charge in [0, 0.05) is 13.0 Å². The maximum absolute atomic E-state index is 10.6. The van der Waals surface area contributed by atoms with E-state index in [1.807, 2.05) is 6.07 Å². The Kier molecular flexibility index (Phi) is 5.32. The zero-order valence-electron chi connectivity index (χ0n) is 9.73. The molecular weight excluding hydrogens is 206 g/mol. The quantitative estimate of drug-likeness (QED) is 0.548. The summed E-state index contributed by atoms with van der Waals surface area (Å²) < 4.78 is 10.3. The molecule has 0 unspecified atom stereocenters. The van der Waals surface area contributed by atoms with Gasteiger partial charge in [-0.25, -0.2) is 4.98 Å². The van der Waals surface area contributed by atoms with Gasteiger partial charge in [0.1, 0.15) is 6.61 Å². The number of unbranched alkanes of at least 4 members (excludes halogenated alkanes) is 1. The summed E-state index contributed by atoms with van der Waals surface area (Å²) in [5.74, 6) is 0.275. The molecular formula is C12H17NO3. The van der Waals surface area contributed by atoms with E-state index >= 15 is 0 Å². The summed E-state index contributed by atoms with van der Waals surface area (Å²) in [5.41, 5.74) is 0.698. The first-order valence-corrected chi connectivity index (χ1v) is 5.44. The van der Waals surface area contributed by atoms with Crippen LogP contribution in [0.5, 0.6) is 5.88 Å². The van der Waals surface area contributed by atoms with Gasteiger partial charge in [-0.1, -0.05) is 19.4 Å². The smallest absolute Gasteiger partial charge is 0.303 e. The van der Waals surface area contributed by atoms with E-state index in [0.717, 1.165) is 12.8 Å². The molecule has 0 atom stereocenters. The molecule has 0 aromatic carbocycles. The van der Waals surface area contributed by atoms with Crippen molar-refractivity contribution in [3.8, 4) is 5.88 Å². The lowest BCUT2D eigenvalue weighted by Gasteiger charge is -2.06. The van der Waals surface area contributed by atoms with Crippen LogP contribution >= 0.6 is 0 Å². The summed E-state index contributed by atoms with van der Waals surface area (Å²) in [4.78, 5) is 14.8. The third-order valence-corrected chi connectivity index (χ3v) is 1.95. The van der Waals surface area contributed by atoms with Crippen LogP contribution in [0.2, 0.25) is 0 Å². The van der Waals surface area contributed by atoms with Crippen molar-refractivity contribution in [2.75, 3.05) is 6.61 Å². The number of ether oxygens (including phenoxy) is 2. The molecule has 4 heteroatoms. The van der Waals surface area contributed by atoms with Crippen molar-refractivity contribution in [1.82, 2.24) is 4.98 Å². The van der Waals surface area contributed by atoms with Crippen molar-refractivity contribution >= 4 is 5.97 Å². The van der Waals surface area contributed by atoms with Gasteiger partial charge in [-0.3, -0.25) is 4.79 Å². The van der Waals surface area contributed by atoms with Gasteiger partial charge < -0.3 is 9.47 Å². The second kappa shape index (κ2) is 6.82. The molecule has 1 rings (SSSR count). The molecule has 0 N–H and O–H groups in total. The van der Waals surface area contributed by atoms with Gasteiger partial charge in [-0.2, -0.15) is 0 Å². The lowest BCUT2D eigenvalue weighted by Crippen LogP contribution is -2.03. The molecule has 0 amide bonds. The zero-order chi connectivity index (χ0) is 11.8. The fraction of sp³-hybridized carbons (Fsp3) is 0.500. The average molecular weight is 223 g/mol. The molecule has 88 valence electrons. The highest BCUT2D eigenvalue weighted by molar-refractivity contribution is 5.65. The van der Waals surface area contributed by atoms with Crippen LogP contribution < -0.4 is 4.74 Å². The van der Waals surface area contributed by atoms with Crippen LogP contribution in [-0.4, -0.2) is 17.6 Å². The molecule has 0 fully saturated rings. The predicted octanol–water partition coefficient (Wildman–Crippen LogP) is 2.32. The monoisotopic (exact) mass is 223 g/mol. The molecule has 0 aliphatic rings. The molecule has 1 aromatic heterocycles. The van der Waals surface area contributed by atoms with E-state index in [1.54, 1.807) is 12.1 Å². The maximum atomic E-state index is 10.6. The van der Waals surface area contributed by atoms with Gasteiger partial charge in [-0.15, -0.1) is 0 Å². The van der Waals surface area contributed by atoms with Crippen LogP contribution in [0.3, 0.4) is 0 Å². The van der Waals surface area contributed by atoms with Gasteiger partial charge >= 0.3 is 5.97 Å². The first kappa shape index (κ1) is 12.5. The van der Waals surface area contributed by atoms with Crippen LogP contribution in [0.25, 0.3) is 0 Å². The summed E-state index contributed by atoms with van der Waals surface area (Å²) >= 11 is 0. The second-order valence-corrected chi connectivity index (χ2v) is 3.45. The number of carbonyl (C=O) groups is 1. The van der Waals surface area contributed by atoms with E-state index in [-0.39, 0.29) is 12.6 Å². The van der Waals surface area contributed by atoms with Gasteiger partial charge in [0.2, 0.25) is 5.88 Å². The SMILES string of the molecule is CCCCOc1cccc(COC(C)=O)n1. The number of rotatable bonds is 6. The Balaban J connectivity index is 2.46. The van der Waals surface area contributed by atoms with Crippen molar-refractivity contribution < 1.29 is 14.3 Å². The van der Waals surface area contributed by atoms with E-state index in [0.29, 0.717) is 18.2 Å². The normalized spacial score (nSPS) is 9.88. The third kappa shape index (κ3) is 4.77. The van der Waals surface area contributed by atoms with Crippen molar-refractivity contribution in [2.45, 2.75) is 33.3 Å². The van der Waals surface area contributed by atoms with Crippen molar-refractivity contribution in [1.29, 1.82) is 0 Å². The minimum Gasteiger partial charge on any atom is -0.478 e. The van der Waals surface area contributed by atoms with Gasteiger partial charge in [0.15, 0.2) is 0 Å². The van der Waals surface area contributed by atoms with E-state index < -0.39 is 0 Å². The molecule has 1 heterocycles. The lowest BCUT2D eigenvalue weighted by atomic mass is 10.3. The van der Waals surface area contributed by atoms with E-state index in [1.165, 1.54) is 6.92 Å². The maximum Gasteiger partial charge on any atom is 0.303 e. The molecule has 0 aliphatic carbocycles. The number of hydrogen-bond donors (Lipinski definition) is 0. The molecule has 0 saturated carbocycles. The molecule has 1 aromatic rings. The summed E-state index contributed by atoms with van der Waals surface area (Å²) in [6.45, 7) is 4.34. The van der Waals surface area contributed by atoms with Gasteiger partial charge in [0.05, 0.1) is 12.3 Å². The third-order valence-electron chi connectivity index (χ3n) is 1.95. The van der Waals surface area contributed by atoms with E-state index in [2.05, 4.69) is 11.9 Å². The highest BCUT2D eigenvalue weighted by atomic mass is 16.5. The predicted molar refractivity (Wildman–Crippen MR) is 60.1 cm³/mol. The standard InChI is InChI=1S/C12H17NO3/c1-3-4-8-15-12-7-5-6-11(13-12)9-16-10(2)14/h5-7H,3-4,8-9H2,1-2H3. The number of pyridine rings is 1. The first-order valence-electron chi connectivity index (χ1n) is 5.44. The minimum absolute atomic E-state index is 0.195. The molecule has 0 aliphatic heterocycles. The Morgan fingerprint density at radius 1 is 1.44 bits per heavy atom. The minimum atomic E-state index is -0.306. The van der Waals surface area contributed by atoms with Crippen molar-refractivity contribution in [3.63, 3.8) is 0 Å². The molecule has 0 bridgehead atoms. The number of aromatic nitrogens is 1. The molecule has 16 heavy (non-hydrogen) atoms. The summed E-state index contributed by atoms with van der Waals surface area (Å²) in [5, 5.41) is 0. The zero-order valence-corrected chi connectivity index (χ0v) is 9.73. The fourth-order valence-electron chi connectivity index (χ4n) is 1.12. The van der Waals surface area contributed by atoms with Crippen LogP contribution in [0.1, 0.15) is 32.4 Å². The summed E-state index contributed by atoms with van der Waals surface area (Å²) in [7, 11) is 0. The second-order valence-electron chi connectivity index (χ2n) is 3.45. The van der Waals surface area contributed by atoms with Crippen molar-refractivity contribution in [3.05, 3.63) is 23.9 Å². The lowest BCUT2D eigenvalue weighted by molar-refractivity contribution is -0.142. The highest BCUT2D eigenvalue weighted by Crippen LogP contribution is 2.09. The van der Waals surface area contributed by atoms with E-state index in [4.69, 9.17) is 9.47 Å². The van der Waals surface area contributed by atoms with Crippen LogP contribution in [0.4, 0.5) is 0 Å². The summed E-state index contributed by atoms with van der Waals surface area (Å²) in [6.07, 6.45) is 2.10. The molecule has 0 radical (unpaired) electrons. The van der Waals surface area contributed by atoms with Crippen LogP contribution in [0.15, 0.2) is 18.2 Å². The average Bonchev–Trinajstić information content (AvgIpc) is 2.27. The van der Waals surface area contributed by atoms with Gasteiger partial charge in [0.25, 0.3) is 0 Å². The van der Waals surface area contributed by atoms with Crippen LogP contribution in [-0.2, 0) is 16.1 Å². The van der Waals surface area contributed by atoms with Gasteiger partial charge in [-0.05, 0) is 12.5 Å². The fourth-order valence-corrected chi connectivity index (χ4v) is 1.12. The number of carbonyl (C=O) groups excluding carboxylic acids is 1. The number of nitrogens with zero attached hydrogens (tertiary/aromatic N) is 1. The largest absolute Gasteiger partial charge is 0.478 e. The Morgan fingerprint density at radius 3 is 2.94 bits per heavy atom. The van der Waals surface area contributed by atoms with Crippen molar-refractivity contribution in [2.24, 2.45) is 0 Å².